The van der Waals surface area contributed by atoms with E-state index in [0.717, 1.165) is 15.8 Å². The maximum Gasteiger partial charge on any atom is 0.254 e. The number of fused-ring (bicyclic) bond motifs is 4. The van der Waals surface area contributed by atoms with Gasteiger partial charge in [-0.15, -0.1) is 34.5 Å². The molecule has 1 saturated carbocycles. The zero-order chi connectivity index (χ0) is 27.1. The molecule has 1 N–H and O–H groups in total. The van der Waals surface area contributed by atoms with Crippen LogP contribution in [0, 0.1) is 23.6 Å². The van der Waals surface area contributed by atoms with E-state index >= 15 is 0 Å². The van der Waals surface area contributed by atoms with Crippen LogP contribution in [0.1, 0.15) is 29.2 Å². The fraction of sp³-hybridized carbons (Fsp3) is 0.385. The lowest BCUT2D eigenvalue weighted by molar-refractivity contribution is -0.141. The molecule has 0 radical (unpaired) electrons. The molecule has 2 aliphatic carbocycles. The van der Waals surface area contributed by atoms with Crippen molar-refractivity contribution in [1.29, 1.82) is 0 Å². The Morgan fingerprint density at radius 3 is 2.50 bits per heavy atom. The molecule has 7 nitrogen and oxygen atoms in total. The minimum Gasteiger partial charge on any atom is -0.505 e. The average molecular weight is 642 g/mol. The Bertz CT molecular complexity index is 1440. The van der Waals surface area contributed by atoms with E-state index in [1.165, 1.54) is 28.4 Å². The summed E-state index contributed by atoms with van der Waals surface area (Å²) in [6.45, 7) is 0.138. The SMILES string of the molecule is O=C1[C@H]2[C@H](CC=C3[C@H]2C[C@@]2(Cl)C(=O)N(CBr)C(=O)[C@@]2(Cl)[C@H]3c2cccc(F)c2O)C(=O)N1Cc1cccs1. The minimum absolute atomic E-state index is 0.00999. The molecule has 0 bridgehead atoms. The van der Waals surface area contributed by atoms with Crippen molar-refractivity contribution >= 4 is 74.1 Å². The van der Waals surface area contributed by atoms with E-state index < -0.39 is 56.8 Å². The van der Waals surface area contributed by atoms with Crippen LogP contribution in [0.4, 0.5) is 4.39 Å². The van der Waals surface area contributed by atoms with Crippen LogP contribution in [0.25, 0.3) is 0 Å². The maximum absolute atomic E-state index is 14.6. The van der Waals surface area contributed by atoms with E-state index in [2.05, 4.69) is 15.9 Å². The number of nitrogens with zero attached hydrogens (tertiary/aromatic N) is 2. The summed E-state index contributed by atoms with van der Waals surface area (Å²) >= 11 is 18.7. The number of benzene rings is 1. The Hall–Kier alpha value is -2.27. The van der Waals surface area contributed by atoms with Crippen LogP contribution in [0.5, 0.6) is 5.75 Å². The van der Waals surface area contributed by atoms with Crippen molar-refractivity contribution in [2.24, 2.45) is 17.8 Å². The van der Waals surface area contributed by atoms with Gasteiger partial charge in [-0.25, -0.2) is 4.39 Å². The number of imide groups is 2. The number of hydrogen-bond donors (Lipinski definition) is 1. The molecular weight excluding hydrogens is 622 g/mol. The molecule has 12 heteroatoms. The molecule has 1 aromatic heterocycles. The zero-order valence-electron chi connectivity index (χ0n) is 19.6. The first-order chi connectivity index (χ1) is 18.1. The van der Waals surface area contributed by atoms with E-state index in [1.54, 1.807) is 6.08 Å². The van der Waals surface area contributed by atoms with Crippen LogP contribution < -0.4 is 0 Å². The number of phenols is 1. The molecule has 4 amide bonds. The van der Waals surface area contributed by atoms with E-state index in [0.29, 0.717) is 5.57 Å². The number of alkyl halides is 3. The van der Waals surface area contributed by atoms with Gasteiger partial charge in [0.05, 0.1) is 23.8 Å². The van der Waals surface area contributed by atoms with Crippen molar-refractivity contribution in [3.05, 3.63) is 63.6 Å². The summed E-state index contributed by atoms with van der Waals surface area (Å²) in [4.78, 5) is 53.3. The summed E-state index contributed by atoms with van der Waals surface area (Å²) in [6.07, 6.45) is 1.77. The molecule has 3 heterocycles. The number of aromatic hydroxyl groups is 1. The molecule has 38 heavy (non-hydrogen) atoms. The Kier molecular flexibility index (Phi) is 6.07. The Balaban J connectivity index is 1.51. The summed E-state index contributed by atoms with van der Waals surface area (Å²) < 4.78 is 14.6. The minimum atomic E-state index is -2.10. The van der Waals surface area contributed by atoms with Crippen LogP contribution in [0.3, 0.4) is 0 Å². The number of amides is 4. The fourth-order valence-corrected chi connectivity index (χ4v) is 8.75. The number of carbonyl (C=O) groups excluding carboxylic acids is 4. The van der Waals surface area contributed by atoms with Crippen molar-refractivity contribution in [2.45, 2.75) is 35.1 Å². The first kappa shape index (κ1) is 26.0. The Labute approximate surface area is 239 Å². The van der Waals surface area contributed by atoms with E-state index in [4.69, 9.17) is 23.2 Å². The second kappa shape index (κ2) is 8.87. The van der Waals surface area contributed by atoms with E-state index in [1.807, 2.05) is 17.5 Å². The topological polar surface area (TPSA) is 95.0 Å². The van der Waals surface area contributed by atoms with Gasteiger partial charge < -0.3 is 5.11 Å². The van der Waals surface area contributed by atoms with Gasteiger partial charge in [-0.3, -0.25) is 29.0 Å². The highest BCUT2D eigenvalue weighted by Crippen LogP contribution is 2.66. The molecule has 2 aliphatic heterocycles. The second-order valence-corrected chi connectivity index (χ2v) is 12.8. The fourth-order valence-electron chi connectivity index (χ4n) is 6.64. The molecule has 2 aromatic rings. The first-order valence-corrected chi connectivity index (χ1v) is 14.7. The molecule has 4 aliphatic rings. The lowest BCUT2D eigenvalue weighted by Gasteiger charge is -2.50. The highest BCUT2D eigenvalue weighted by molar-refractivity contribution is 9.09. The highest BCUT2D eigenvalue weighted by atomic mass is 79.9. The van der Waals surface area contributed by atoms with Crippen molar-refractivity contribution in [3.63, 3.8) is 0 Å². The molecule has 6 rings (SSSR count). The third-order valence-corrected chi connectivity index (χ3v) is 11.1. The average Bonchev–Trinajstić information content (AvgIpc) is 3.53. The van der Waals surface area contributed by atoms with Crippen molar-refractivity contribution in [1.82, 2.24) is 9.80 Å². The third kappa shape index (κ3) is 3.23. The predicted molar refractivity (Wildman–Crippen MR) is 141 cm³/mol. The Morgan fingerprint density at radius 1 is 1.05 bits per heavy atom. The smallest absolute Gasteiger partial charge is 0.254 e. The number of carbonyl (C=O) groups is 4. The molecular formula is C26H20BrCl2FN2O5S. The van der Waals surface area contributed by atoms with Crippen molar-refractivity contribution in [2.75, 3.05) is 5.45 Å². The molecule has 6 atom stereocenters. The number of para-hydroxylation sites is 1. The van der Waals surface area contributed by atoms with Crippen molar-refractivity contribution in [3.8, 4) is 5.75 Å². The summed E-state index contributed by atoms with van der Waals surface area (Å²) in [7, 11) is 0. The van der Waals surface area contributed by atoms with Gasteiger partial charge in [-0.1, -0.05) is 45.8 Å². The van der Waals surface area contributed by atoms with Gasteiger partial charge in [-0.05, 0) is 36.3 Å². The van der Waals surface area contributed by atoms with Crippen LogP contribution in [0.15, 0.2) is 47.4 Å². The van der Waals surface area contributed by atoms with E-state index in [-0.39, 0.29) is 42.2 Å². The zero-order valence-corrected chi connectivity index (χ0v) is 23.5. The molecule has 0 spiro atoms. The van der Waals surface area contributed by atoms with Gasteiger partial charge in [0.25, 0.3) is 11.8 Å². The Morgan fingerprint density at radius 2 is 1.82 bits per heavy atom. The molecule has 1 aromatic carbocycles. The normalized spacial score (nSPS) is 34.4. The number of phenolic OH excluding ortho intramolecular Hbond substituents is 1. The molecule has 198 valence electrons. The van der Waals surface area contributed by atoms with Crippen molar-refractivity contribution < 1.29 is 28.7 Å². The number of halogens is 4. The number of likely N-dealkylation sites (tertiary alicyclic amines) is 2. The number of thiophene rings is 1. The first-order valence-electron chi connectivity index (χ1n) is 11.9. The highest BCUT2D eigenvalue weighted by Gasteiger charge is 2.76. The standard InChI is InChI=1S/C26H20BrCl2FN2O5S/c27-11-32-23(36)25(28)9-16-13(19(26(25,29)24(32)37)15-4-1-5-17(30)20(15)33)6-7-14-18(16)22(35)31(21(14)34)10-12-3-2-8-38-12/h1-6,8,14,16,18-19,33H,7,9-11H2/t14-,16+,18-,19+,25+,26-/m0/s1. The largest absolute Gasteiger partial charge is 0.505 e. The summed E-state index contributed by atoms with van der Waals surface area (Å²) in [5.41, 5.74) is 0.316. The van der Waals surface area contributed by atoms with Gasteiger partial charge in [0.1, 0.15) is 0 Å². The molecule has 2 saturated heterocycles. The quantitative estimate of drug-likeness (QED) is 0.230. The summed E-state index contributed by atoms with van der Waals surface area (Å²) in [6, 6.07) is 7.54. The van der Waals surface area contributed by atoms with E-state index in [9.17, 15) is 28.7 Å². The predicted octanol–water partition coefficient (Wildman–Crippen LogP) is 4.50. The lowest BCUT2D eigenvalue weighted by Crippen LogP contribution is -2.60. The third-order valence-electron chi connectivity index (χ3n) is 8.33. The summed E-state index contributed by atoms with van der Waals surface area (Å²) in [5.74, 6) is -7.31. The van der Waals surface area contributed by atoms with Gasteiger partial charge in [0.15, 0.2) is 21.3 Å². The number of rotatable bonds is 4. The van der Waals surface area contributed by atoms with Crippen LogP contribution >= 0.6 is 50.5 Å². The number of hydrogen-bond acceptors (Lipinski definition) is 6. The van der Waals surface area contributed by atoms with Gasteiger partial charge >= 0.3 is 0 Å². The van der Waals surface area contributed by atoms with Gasteiger partial charge in [0.2, 0.25) is 11.8 Å². The second-order valence-electron chi connectivity index (χ2n) is 10.0. The van der Waals surface area contributed by atoms with Crippen LogP contribution in [0.2, 0.25) is 0 Å². The molecule has 0 unspecified atom stereocenters. The maximum atomic E-state index is 14.6. The lowest BCUT2D eigenvalue weighted by atomic mass is 9.56. The van der Waals surface area contributed by atoms with Crippen LogP contribution in [-0.2, 0) is 25.7 Å². The van der Waals surface area contributed by atoms with Gasteiger partial charge in [-0.2, -0.15) is 0 Å². The monoisotopic (exact) mass is 640 g/mol. The summed E-state index contributed by atoms with van der Waals surface area (Å²) in [5, 5.41) is 12.6. The molecule has 3 fully saturated rings. The van der Waals surface area contributed by atoms with Gasteiger partial charge in [0, 0.05) is 16.4 Å². The van der Waals surface area contributed by atoms with Crippen LogP contribution in [-0.4, -0.2) is 53.7 Å². The number of allylic oxidation sites excluding steroid dienone is 2.